The molecular weight excluding hydrogens is 306 g/mol. The zero-order valence-corrected chi connectivity index (χ0v) is 13.6. The largest absolute Gasteiger partial charge is 0.382 e. The quantitative estimate of drug-likeness (QED) is 0.705. The zero-order valence-electron chi connectivity index (χ0n) is 12.0. The van der Waals surface area contributed by atoms with Crippen molar-refractivity contribution in [3.05, 3.63) is 33.8 Å². The first-order valence-electron chi connectivity index (χ1n) is 6.68. The van der Waals surface area contributed by atoms with E-state index in [1.807, 2.05) is 0 Å². The van der Waals surface area contributed by atoms with Gasteiger partial charge in [-0.15, -0.1) is 0 Å². The number of halogens is 1. The van der Waals surface area contributed by atoms with E-state index in [4.69, 9.17) is 9.47 Å². The van der Waals surface area contributed by atoms with Crippen molar-refractivity contribution in [1.82, 2.24) is 5.32 Å². The molecule has 0 bridgehead atoms. The molecular formula is C15H24BrNO2. The maximum Gasteiger partial charge on any atom is 0.0728 e. The van der Waals surface area contributed by atoms with Gasteiger partial charge in [-0.3, -0.25) is 0 Å². The van der Waals surface area contributed by atoms with Gasteiger partial charge in [0.25, 0.3) is 0 Å². The van der Waals surface area contributed by atoms with Crippen LogP contribution < -0.4 is 5.32 Å². The van der Waals surface area contributed by atoms with Crippen LogP contribution in [0.3, 0.4) is 0 Å². The van der Waals surface area contributed by atoms with E-state index in [-0.39, 0.29) is 0 Å². The van der Waals surface area contributed by atoms with E-state index in [0.717, 1.165) is 17.6 Å². The fourth-order valence-corrected chi connectivity index (χ4v) is 2.19. The maximum absolute atomic E-state index is 5.52. The summed E-state index contributed by atoms with van der Waals surface area (Å²) in [5.74, 6) is 0.678. The smallest absolute Gasteiger partial charge is 0.0728 e. The van der Waals surface area contributed by atoms with Crippen LogP contribution in [-0.2, 0) is 22.6 Å². The van der Waals surface area contributed by atoms with Crippen molar-refractivity contribution in [3.8, 4) is 0 Å². The summed E-state index contributed by atoms with van der Waals surface area (Å²) in [5.41, 5.74) is 2.46. The first kappa shape index (κ1) is 16.6. The highest BCUT2D eigenvalue weighted by molar-refractivity contribution is 9.10. The number of ether oxygens (including phenoxy) is 2. The Morgan fingerprint density at radius 3 is 2.68 bits per heavy atom. The number of hydrogen-bond acceptors (Lipinski definition) is 3. The van der Waals surface area contributed by atoms with Crippen LogP contribution in [0.1, 0.15) is 25.0 Å². The van der Waals surface area contributed by atoms with Gasteiger partial charge in [0.2, 0.25) is 0 Å². The van der Waals surface area contributed by atoms with E-state index in [0.29, 0.717) is 25.7 Å². The highest BCUT2D eigenvalue weighted by atomic mass is 79.9. The van der Waals surface area contributed by atoms with Gasteiger partial charge in [-0.2, -0.15) is 0 Å². The van der Waals surface area contributed by atoms with Crippen molar-refractivity contribution >= 4 is 15.9 Å². The summed E-state index contributed by atoms with van der Waals surface area (Å²) < 4.78 is 11.6. The summed E-state index contributed by atoms with van der Waals surface area (Å²) in [6.07, 6.45) is 0. The molecule has 1 aromatic carbocycles. The molecule has 3 nitrogen and oxygen atoms in total. The fourth-order valence-electron chi connectivity index (χ4n) is 1.65. The standard InChI is InChI=1S/C15H24BrNO2/c1-12(2)9-17-10-13-4-5-14(15(16)8-13)11-19-7-6-18-3/h4-5,8,12,17H,6-7,9-11H2,1-3H3. The van der Waals surface area contributed by atoms with Crippen LogP contribution in [0.4, 0.5) is 0 Å². The Morgan fingerprint density at radius 2 is 2.05 bits per heavy atom. The Morgan fingerprint density at radius 1 is 1.26 bits per heavy atom. The lowest BCUT2D eigenvalue weighted by Gasteiger charge is -2.10. The molecule has 1 rings (SSSR count). The van der Waals surface area contributed by atoms with Crippen molar-refractivity contribution in [1.29, 1.82) is 0 Å². The molecule has 4 heteroatoms. The highest BCUT2D eigenvalue weighted by Gasteiger charge is 2.02. The topological polar surface area (TPSA) is 30.5 Å². The predicted molar refractivity (Wildman–Crippen MR) is 82.2 cm³/mol. The lowest BCUT2D eigenvalue weighted by molar-refractivity contribution is 0.0614. The van der Waals surface area contributed by atoms with E-state index in [2.05, 4.69) is 53.3 Å². The molecule has 0 aliphatic carbocycles. The predicted octanol–water partition coefficient (Wildman–Crippen LogP) is 3.36. The van der Waals surface area contributed by atoms with Crippen LogP contribution in [0.25, 0.3) is 0 Å². The molecule has 1 aromatic rings. The molecule has 0 heterocycles. The van der Waals surface area contributed by atoms with Crippen LogP contribution in [-0.4, -0.2) is 26.9 Å². The van der Waals surface area contributed by atoms with E-state index in [9.17, 15) is 0 Å². The van der Waals surface area contributed by atoms with E-state index < -0.39 is 0 Å². The van der Waals surface area contributed by atoms with Crippen molar-refractivity contribution in [3.63, 3.8) is 0 Å². The Labute approximate surface area is 124 Å². The molecule has 0 saturated heterocycles. The van der Waals surface area contributed by atoms with Crippen LogP contribution in [0.5, 0.6) is 0 Å². The van der Waals surface area contributed by atoms with E-state index in [1.165, 1.54) is 11.1 Å². The Bertz CT molecular complexity index is 369. The fraction of sp³-hybridized carbons (Fsp3) is 0.600. The summed E-state index contributed by atoms with van der Waals surface area (Å²) in [5, 5.41) is 3.44. The summed E-state index contributed by atoms with van der Waals surface area (Å²) >= 11 is 3.60. The second-order valence-electron chi connectivity index (χ2n) is 5.00. The number of hydrogen-bond donors (Lipinski definition) is 1. The third kappa shape index (κ3) is 7.06. The molecule has 0 saturated carbocycles. The average molecular weight is 330 g/mol. The molecule has 0 radical (unpaired) electrons. The Hall–Kier alpha value is -0.420. The van der Waals surface area contributed by atoms with Gasteiger partial charge in [-0.05, 0) is 29.7 Å². The molecule has 0 unspecified atom stereocenters. The Kier molecular flexibility index (Phi) is 8.30. The van der Waals surface area contributed by atoms with Crippen molar-refractivity contribution < 1.29 is 9.47 Å². The van der Waals surface area contributed by atoms with Gasteiger partial charge in [-0.25, -0.2) is 0 Å². The molecule has 0 atom stereocenters. The second kappa shape index (κ2) is 9.48. The van der Waals surface area contributed by atoms with Crippen LogP contribution in [0.15, 0.2) is 22.7 Å². The minimum atomic E-state index is 0.615. The molecule has 0 fully saturated rings. The van der Waals surface area contributed by atoms with Gasteiger partial charge in [0, 0.05) is 18.1 Å². The summed E-state index contributed by atoms with van der Waals surface area (Å²) in [4.78, 5) is 0. The SMILES string of the molecule is COCCOCc1ccc(CNCC(C)C)cc1Br. The van der Waals surface area contributed by atoms with Crippen LogP contribution in [0.2, 0.25) is 0 Å². The average Bonchev–Trinajstić information content (AvgIpc) is 2.36. The molecule has 19 heavy (non-hydrogen) atoms. The molecule has 0 spiro atoms. The van der Waals surface area contributed by atoms with Crippen molar-refractivity contribution in [2.45, 2.75) is 27.0 Å². The molecule has 108 valence electrons. The second-order valence-corrected chi connectivity index (χ2v) is 5.85. The first-order chi connectivity index (χ1) is 9.13. The monoisotopic (exact) mass is 329 g/mol. The van der Waals surface area contributed by atoms with Gasteiger partial charge in [-0.1, -0.05) is 41.9 Å². The summed E-state index contributed by atoms with van der Waals surface area (Å²) in [6, 6.07) is 6.42. The van der Waals surface area contributed by atoms with Gasteiger partial charge >= 0.3 is 0 Å². The van der Waals surface area contributed by atoms with Crippen molar-refractivity contribution in [2.75, 3.05) is 26.9 Å². The number of rotatable bonds is 9. The summed E-state index contributed by atoms with van der Waals surface area (Å²) in [6.45, 7) is 8.24. The lowest BCUT2D eigenvalue weighted by atomic mass is 10.1. The molecule has 0 aliphatic heterocycles. The summed E-state index contributed by atoms with van der Waals surface area (Å²) in [7, 11) is 1.68. The van der Waals surface area contributed by atoms with Gasteiger partial charge in [0.15, 0.2) is 0 Å². The van der Waals surface area contributed by atoms with Gasteiger partial charge in [0.1, 0.15) is 0 Å². The third-order valence-electron chi connectivity index (χ3n) is 2.69. The first-order valence-corrected chi connectivity index (χ1v) is 7.47. The van der Waals surface area contributed by atoms with Crippen LogP contribution >= 0.6 is 15.9 Å². The molecule has 0 amide bonds. The van der Waals surface area contributed by atoms with Crippen LogP contribution in [0, 0.1) is 5.92 Å². The zero-order chi connectivity index (χ0) is 14.1. The number of nitrogens with one attached hydrogen (secondary N) is 1. The molecule has 1 N–H and O–H groups in total. The van der Waals surface area contributed by atoms with Gasteiger partial charge < -0.3 is 14.8 Å². The normalized spacial score (nSPS) is 11.2. The maximum atomic E-state index is 5.52. The molecule has 0 aromatic heterocycles. The number of methoxy groups -OCH3 is 1. The molecule has 0 aliphatic rings. The highest BCUT2D eigenvalue weighted by Crippen LogP contribution is 2.19. The third-order valence-corrected chi connectivity index (χ3v) is 3.43. The van der Waals surface area contributed by atoms with Gasteiger partial charge in [0.05, 0.1) is 19.8 Å². The van der Waals surface area contributed by atoms with E-state index in [1.54, 1.807) is 7.11 Å². The lowest BCUT2D eigenvalue weighted by Crippen LogP contribution is -2.18. The minimum Gasteiger partial charge on any atom is -0.382 e. The minimum absolute atomic E-state index is 0.615. The number of benzene rings is 1. The van der Waals surface area contributed by atoms with E-state index >= 15 is 0 Å². The van der Waals surface area contributed by atoms with Crippen molar-refractivity contribution in [2.24, 2.45) is 5.92 Å². The Balaban J connectivity index is 2.40.